The van der Waals surface area contributed by atoms with Crippen LogP contribution in [0.4, 0.5) is 0 Å². The first kappa shape index (κ1) is 19.5. The highest BCUT2D eigenvalue weighted by Crippen LogP contribution is 2.74. The van der Waals surface area contributed by atoms with Crippen molar-refractivity contribution in [1.82, 2.24) is 0 Å². The molecule has 0 saturated carbocycles. The van der Waals surface area contributed by atoms with Crippen LogP contribution in [0.3, 0.4) is 0 Å². The molecule has 0 amide bonds. The first-order valence-corrected chi connectivity index (χ1v) is 9.34. The van der Waals surface area contributed by atoms with E-state index in [2.05, 4.69) is 22.3 Å². The van der Waals surface area contributed by atoms with Crippen molar-refractivity contribution in [1.29, 1.82) is 0 Å². The molecule has 0 unspecified atom stereocenters. The Bertz CT molecular complexity index is 436. The maximum atomic E-state index is 11.4. The molecule has 0 radical (unpaired) electrons. The van der Waals surface area contributed by atoms with Crippen molar-refractivity contribution in [3.63, 3.8) is 0 Å². The molecule has 6 N–H and O–H groups in total. The Morgan fingerprint density at radius 3 is 1.11 bits per heavy atom. The van der Waals surface area contributed by atoms with Crippen LogP contribution in [0.1, 0.15) is 0 Å². The number of hydrogen-bond acceptors (Lipinski definition) is 11. The zero-order valence-corrected chi connectivity index (χ0v) is 11.7. The van der Waals surface area contributed by atoms with Crippen molar-refractivity contribution in [2.75, 3.05) is 0 Å². The molecule has 0 saturated heterocycles. The molecule has 0 aliphatic carbocycles. The molecule has 0 atom stereocenters. The standard InChI is InChI=1S/H6O15P4/c1-11-18(9,12-2)15-19(10,13-16(3,4)5)14-17(6,7)8/h1-2H,(H2,3,4,5)(H2,6,7,8). The molecule has 0 bridgehead atoms. The molecule has 15 nitrogen and oxygen atoms in total. The first-order chi connectivity index (χ1) is 8.24. The lowest BCUT2D eigenvalue weighted by atomic mass is 14.9. The van der Waals surface area contributed by atoms with E-state index in [1.807, 2.05) is 0 Å². The van der Waals surface area contributed by atoms with Gasteiger partial charge in [-0.3, -0.25) is 0 Å². The highest BCUT2D eigenvalue weighted by molar-refractivity contribution is 7.71. The average Bonchev–Trinajstić information content (AvgIpc) is 2.10. The van der Waals surface area contributed by atoms with Crippen molar-refractivity contribution in [2.45, 2.75) is 0 Å². The van der Waals surface area contributed by atoms with Gasteiger partial charge < -0.3 is 19.6 Å². The van der Waals surface area contributed by atoms with E-state index in [1.54, 1.807) is 0 Å². The normalized spacial score (nSPS) is 14.6. The van der Waals surface area contributed by atoms with Gasteiger partial charge in [-0.25, -0.2) is 28.8 Å². The Morgan fingerprint density at radius 1 is 0.579 bits per heavy atom. The summed E-state index contributed by atoms with van der Waals surface area (Å²) in [6, 6.07) is 0. The van der Waals surface area contributed by atoms with Gasteiger partial charge in [0.1, 0.15) is 0 Å². The molecule has 19 heteroatoms. The van der Waals surface area contributed by atoms with Crippen LogP contribution in [-0.2, 0) is 40.5 Å². The molecule has 0 heterocycles. The minimum atomic E-state index is -5.98. The SMILES string of the molecule is O=P(O)(O)OP(=O)(OP(=O)(O)O)OP(=O)(OO)OO. The smallest absolute Gasteiger partial charge is 0.302 e. The first-order valence-electron chi connectivity index (χ1n) is 3.36. The summed E-state index contributed by atoms with van der Waals surface area (Å²) >= 11 is 0. The summed E-state index contributed by atoms with van der Waals surface area (Å²) in [4.78, 5) is 33.2. The van der Waals surface area contributed by atoms with Crippen LogP contribution >= 0.6 is 31.3 Å². The molecule has 0 fully saturated rings. The van der Waals surface area contributed by atoms with E-state index in [0.717, 1.165) is 0 Å². The second-order valence-corrected chi connectivity index (χ2v) is 8.32. The summed E-state index contributed by atoms with van der Waals surface area (Å²) in [5.41, 5.74) is 0. The molecule has 19 heavy (non-hydrogen) atoms. The van der Waals surface area contributed by atoms with Crippen molar-refractivity contribution in [3.05, 3.63) is 0 Å². The predicted octanol–water partition coefficient (Wildman–Crippen LogP) is 0.417. The molecule has 0 aliphatic heterocycles. The van der Waals surface area contributed by atoms with Gasteiger partial charge in [-0.15, -0.1) is 9.35 Å². The highest BCUT2D eigenvalue weighted by Gasteiger charge is 2.49. The zero-order valence-electron chi connectivity index (χ0n) is 8.15. The monoisotopic (exact) mass is 370 g/mol. The van der Waals surface area contributed by atoms with Gasteiger partial charge in [-0.2, -0.15) is 12.9 Å². The van der Waals surface area contributed by atoms with Gasteiger partial charge in [0.2, 0.25) is 0 Å². The van der Waals surface area contributed by atoms with Crippen molar-refractivity contribution in [2.24, 2.45) is 0 Å². The molecule has 0 aliphatic rings. The van der Waals surface area contributed by atoms with Gasteiger partial charge in [0, 0.05) is 0 Å². The van der Waals surface area contributed by atoms with Crippen molar-refractivity contribution in [3.8, 4) is 0 Å². The molecule has 116 valence electrons. The van der Waals surface area contributed by atoms with E-state index in [1.165, 1.54) is 0 Å². The van der Waals surface area contributed by atoms with Crippen LogP contribution in [0.25, 0.3) is 0 Å². The quantitative estimate of drug-likeness (QED) is 0.193. The van der Waals surface area contributed by atoms with Gasteiger partial charge >= 0.3 is 31.3 Å². The Morgan fingerprint density at radius 2 is 0.895 bits per heavy atom. The summed E-state index contributed by atoms with van der Waals surface area (Å²) < 4.78 is 58.6. The number of rotatable bonds is 8. The summed E-state index contributed by atoms with van der Waals surface area (Å²) in [5, 5.41) is 15.9. The lowest BCUT2D eigenvalue weighted by Crippen LogP contribution is -2.00. The van der Waals surface area contributed by atoms with Crippen LogP contribution < -0.4 is 0 Å². The Balaban J connectivity index is 5.42. The average molecular weight is 370 g/mol. The van der Waals surface area contributed by atoms with E-state index >= 15 is 0 Å². The second-order valence-electron chi connectivity index (χ2n) is 2.28. The minimum absolute atomic E-state index is 2.83. The molecule has 0 aromatic rings. The third-order valence-corrected chi connectivity index (χ3v) is 6.11. The maximum absolute atomic E-state index is 11.4. The lowest BCUT2D eigenvalue weighted by molar-refractivity contribution is -0.222. The zero-order chi connectivity index (χ0) is 15.5. The van der Waals surface area contributed by atoms with Crippen LogP contribution in [0.2, 0.25) is 0 Å². The van der Waals surface area contributed by atoms with E-state index in [-0.39, 0.29) is 0 Å². The number of hydrogen-bond donors (Lipinski definition) is 6. The van der Waals surface area contributed by atoms with Crippen LogP contribution in [-0.4, -0.2) is 30.1 Å². The van der Waals surface area contributed by atoms with Gasteiger partial charge in [-0.05, 0) is 0 Å². The van der Waals surface area contributed by atoms with Crippen molar-refractivity contribution >= 4 is 31.3 Å². The Hall–Kier alpha value is 0.480. The third-order valence-electron chi connectivity index (χ3n) is 0.813. The summed E-state index contributed by atoms with van der Waals surface area (Å²) in [7, 11) is -23.0. The topological polar surface area (TPSA) is 236 Å². The van der Waals surface area contributed by atoms with E-state index in [4.69, 9.17) is 30.1 Å². The highest BCUT2D eigenvalue weighted by atomic mass is 31.3. The summed E-state index contributed by atoms with van der Waals surface area (Å²) in [6.45, 7) is 0. The minimum Gasteiger partial charge on any atom is -0.302 e. The lowest BCUT2D eigenvalue weighted by Gasteiger charge is -2.19. The molecule has 0 rings (SSSR count). The fourth-order valence-electron chi connectivity index (χ4n) is 0.472. The molecular weight excluding hydrogens is 364 g/mol. The predicted molar refractivity (Wildman–Crippen MR) is 50.0 cm³/mol. The van der Waals surface area contributed by atoms with Gasteiger partial charge in [0.25, 0.3) is 0 Å². The fourth-order valence-corrected chi connectivity index (χ4v) is 4.97. The van der Waals surface area contributed by atoms with Crippen LogP contribution in [0, 0.1) is 0 Å². The summed E-state index contributed by atoms with van der Waals surface area (Å²) in [6.07, 6.45) is 0. The van der Waals surface area contributed by atoms with Crippen LogP contribution in [0.15, 0.2) is 0 Å². The van der Waals surface area contributed by atoms with Crippen molar-refractivity contribution < 1.29 is 70.6 Å². The fraction of sp³-hybridized carbons (Fsp3) is 0. The molecule has 0 aromatic heterocycles. The van der Waals surface area contributed by atoms with Crippen LogP contribution in [0.5, 0.6) is 0 Å². The Labute approximate surface area is 103 Å². The largest absolute Gasteiger partial charge is 0.537 e. The molecular formula is H6O15P4. The Kier molecular flexibility index (Phi) is 6.66. The van der Waals surface area contributed by atoms with E-state index in [9.17, 15) is 18.3 Å². The molecule has 0 spiro atoms. The second kappa shape index (κ2) is 6.50. The third kappa shape index (κ3) is 8.38. The van der Waals surface area contributed by atoms with E-state index < -0.39 is 31.3 Å². The number of phosphoric acid groups is 4. The maximum Gasteiger partial charge on any atom is 0.537 e. The molecule has 0 aromatic carbocycles. The summed E-state index contributed by atoms with van der Waals surface area (Å²) in [5.74, 6) is 0. The van der Waals surface area contributed by atoms with Gasteiger partial charge in [-0.1, -0.05) is 0 Å². The van der Waals surface area contributed by atoms with Gasteiger partial charge in [0.05, 0.1) is 0 Å². The van der Waals surface area contributed by atoms with Gasteiger partial charge in [0.15, 0.2) is 0 Å². The van der Waals surface area contributed by atoms with E-state index in [0.29, 0.717) is 0 Å².